The van der Waals surface area contributed by atoms with Crippen molar-refractivity contribution in [2.24, 2.45) is 0 Å². The van der Waals surface area contributed by atoms with Gasteiger partial charge in [0.15, 0.2) is 0 Å². The van der Waals surface area contributed by atoms with Crippen LogP contribution in [-0.2, 0) is 0 Å². The number of nitro benzene ring substituents is 1. The van der Waals surface area contributed by atoms with Crippen LogP contribution in [0.5, 0.6) is 0 Å². The zero-order valence-electron chi connectivity index (χ0n) is 9.48. The van der Waals surface area contributed by atoms with Gasteiger partial charge < -0.3 is 5.11 Å². The predicted molar refractivity (Wildman–Crippen MR) is 70.5 cm³/mol. The number of aliphatic hydroxyl groups is 1. The Morgan fingerprint density at radius 1 is 1.59 bits per heavy atom. The fourth-order valence-corrected chi connectivity index (χ4v) is 2.28. The average Bonchev–Trinajstić information content (AvgIpc) is 2.22. The molecule has 2 unspecified atom stereocenters. The Hall–Kier alpha value is -0.760. The van der Waals surface area contributed by atoms with E-state index in [1.165, 1.54) is 6.07 Å². The molecule has 0 aromatic heterocycles. The normalized spacial score (nSPS) is 14.4. The molecule has 0 fully saturated rings. The highest BCUT2D eigenvalue weighted by atomic mass is 127. The molecular formula is C11H13FINO3. The Labute approximate surface area is 112 Å². The monoisotopic (exact) mass is 353 g/mol. The molecule has 4 nitrogen and oxygen atoms in total. The minimum absolute atomic E-state index is 0.136. The van der Waals surface area contributed by atoms with Gasteiger partial charge >= 0.3 is 0 Å². The van der Waals surface area contributed by atoms with Crippen LogP contribution in [0.15, 0.2) is 12.1 Å². The molecule has 0 aliphatic heterocycles. The molecule has 0 aliphatic rings. The molecule has 0 saturated carbocycles. The van der Waals surface area contributed by atoms with E-state index in [1.807, 2.05) is 0 Å². The van der Waals surface area contributed by atoms with E-state index in [4.69, 9.17) is 0 Å². The molecule has 17 heavy (non-hydrogen) atoms. The summed E-state index contributed by atoms with van der Waals surface area (Å²) in [5, 5.41) is 20.5. The number of rotatable bonds is 4. The zero-order valence-corrected chi connectivity index (χ0v) is 11.6. The minimum Gasteiger partial charge on any atom is -0.393 e. The quantitative estimate of drug-likeness (QED) is 0.514. The molecule has 94 valence electrons. The summed E-state index contributed by atoms with van der Waals surface area (Å²) in [6, 6.07) is 2.36. The molecule has 0 spiro atoms. The number of halogens is 2. The SMILES string of the molecule is CCC(c1cc(F)c(I)cc1[N+](=O)[O-])C(C)O. The van der Waals surface area contributed by atoms with Gasteiger partial charge in [-0.15, -0.1) is 0 Å². The van der Waals surface area contributed by atoms with Gasteiger partial charge in [0.05, 0.1) is 14.6 Å². The molecule has 1 aromatic rings. The van der Waals surface area contributed by atoms with Crippen LogP contribution in [0, 0.1) is 19.5 Å². The number of nitrogens with zero attached hydrogens (tertiary/aromatic N) is 1. The number of benzene rings is 1. The minimum atomic E-state index is -0.752. The van der Waals surface area contributed by atoms with Gasteiger partial charge in [-0.2, -0.15) is 0 Å². The van der Waals surface area contributed by atoms with Crippen molar-refractivity contribution in [3.05, 3.63) is 37.2 Å². The van der Waals surface area contributed by atoms with Crippen LogP contribution in [0.3, 0.4) is 0 Å². The number of nitro groups is 1. The second-order valence-electron chi connectivity index (χ2n) is 3.84. The molecular weight excluding hydrogens is 340 g/mol. The van der Waals surface area contributed by atoms with Crippen molar-refractivity contribution in [3.8, 4) is 0 Å². The lowest BCUT2D eigenvalue weighted by molar-refractivity contribution is -0.386. The van der Waals surface area contributed by atoms with Crippen LogP contribution >= 0.6 is 22.6 Å². The number of aliphatic hydroxyl groups excluding tert-OH is 1. The molecule has 0 aliphatic carbocycles. The maximum absolute atomic E-state index is 13.5. The summed E-state index contributed by atoms with van der Waals surface area (Å²) in [6.45, 7) is 3.35. The lowest BCUT2D eigenvalue weighted by atomic mass is 9.90. The second-order valence-corrected chi connectivity index (χ2v) is 5.00. The van der Waals surface area contributed by atoms with Crippen LogP contribution in [0.2, 0.25) is 0 Å². The van der Waals surface area contributed by atoms with Crippen molar-refractivity contribution < 1.29 is 14.4 Å². The van der Waals surface area contributed by atoms with E-state index in [9.17, 15) is 19.6 Å². The lowest BCUT2D eigenvalue weighted by Gasteiger charge is -2.18. The first-order chi connectivity index (χ1) is 7.88. The summed E-state index contributed by atoms with van der Waals surface area (Å²) in [5.74, 6) is -0.924. The van der Waals surface area contributed by atoms with E-state index in [0.717, 1.165) is 6.07 Å². The maximum atomic E-state index is 13.5. The molecule has 1 aromatic carbocycles. The van der Waals surface area contributed by atoms with Gasteiger partial charge in [0.25, 0.3) is 5.69 Å². The highest BCUT2D eigenvalue weighted by Gasteiger charge is 2.26. The highest BCUT2D eigenvalue weighted by molar-refractivity contribution is 14.1. The summed E-state index contributed by atoms with van der Waals surface area (Å²) in [4.78, 5) is 10.4. The first-order valence-electron chi connectivity index (χ1n) is 5.19. The number of hydrogen-bond donors (Lipinski definition) is 1. The second kappa shape index (κ2) is 5.72. The Bertz CT molecular complexity index is 437. The van der Waals surface area contributed by atoms with Crippen LogP contribution in [0.25, 0.3) is 0 Å². The van der Waals surface area contributed by atoms with Gasteiger partial charge in [-0.1, -0.05) is 6.92 Å². The van der Waals surface area contributed by atoms with Crippen molar-refractivity contribution in [2.75, 3.05) is 0 Å². The van der Waals surface area contributed by atoms with Crippen molar-refractivity contribution >= 4 is 28.3 Å². The summed E-state index contributed by atoms with van der Waals surface area (Å²) in [5.41, 5.74) is 0.119. The van der Waals surface area contributed by atoms with Crippen LogP contribution in [0.4, 0.5) is 10.1 Å². The Balaban J connectivity index is 3.39. The summed E-state index contributed by atoms with van der Waals surface area (Å²) in [7, 11) is 0. The molecule has 0 bridgehead atoms. The maximum Gasteiger partial charge on any atom is 0.274 e. The smallest absolute Gasteiger partial charge is 0.274 e. The summed E-state index contributed by atoms with van der Waals surface area (Å²) < 4.78 is 13.7. The van der Waals surface area contributed by atoms with Gasteiger partial charge in [0, 0.05) is 17.5 Å². The number of hydrogen-bond acceptors (Lipinski definition) is 3. The lowest BCUT2D eigenvalue weighted by Crippen LogP contribution is -2.16. The van der Waals surface area contributed by atoms with Crippen molar-refractivity contribution in [1.29, 1.82) is 0 Å². The molecule has 0 amide bonds. The van der Waals surface area contributed by atoms with Crippen molar-refractivity contribution in [1.82, 2.24) is 0 Å². The molecule has 2 atom stereocenters. The molecule has 6 heteroatoms. The van der Waals surface area contributed by atoms with E-state index in [2.05, 4.69) is 0 Å². The van der Waals surface area contributed by atoms with E-state index in [1.54, 1.807) is 36.4 Å². The van der Waals surface area contributed by atoms with E-state index in [0.29, 0.717) is 6.42 Å². The van der Waals surface area contributed by atoms with Crippen molar-refractivity contribution in [2.45, 2.75) is 32.3 Å². The fourth-order valence-electron chi connectivity index (χ4n) is 1.83. The molecule has 1 rings (SSSR count). The molecule has 1 N–H and O–H groups in total. The molecule has 0 radical (unpaired) electrons. The largest absolute Gasteiger partial charge is 0.393 e. The Kier molecular flexibility index (Phi) is 4.81. The van der Waals surface area contributed by atoms with Crippen LogP contribution in [-0.4, -0.2) is 16.1 Å². The van der Waals surface area contributed by atoms with Crippen LogP contribution < -0.4 is 0 Å². The third kappa shape index (κ3) is 3.12. The predicted octanol–water partition coefficient (Wildman–Crippen LogP) is 3.21. The Morgan fingerprint density at radius 2 is 2.18 bits per heavy atom. The van der Waals surface area contributed by atoms with Gasteiger partial charge in [-0.3, -0.25) is 10.1 Å². The first-order valence-corrected chi connectivity index (χ1v) is 6.27. The summed E-state index contributed by atoms with van der Waals surface area (Å²) in [6.07, 6.45) is -0.239. The van der Waals surface area contributed by atoms with E-state index >= 15 is 0 Å². The highest BCUT2D eigenvalue weighted by Crippen LogP contribution is 2.33. The third-order valence-corrected chi connectivity index (χ3v) is 3.51. The first kappa shape index (κ1) is 14.3. The van der Waals surface area contributed by atoms with Crippen molar-refractivity contribution in [3.63, 3.8) is 0 Å². The van der Waals surface area contributed by atoms with Crippen LogP contribution in [0.1, 0.15) is 31.7 Å². The van der Waals surface area contributed by atoms with Gasteiger partial charge in [-0.05, 0) is 42.0 Å². The fraction of sp³-hybridized carbons (Fsp3) is 0.455. The Morgan fingerprint density at radius 3 is 2.59 bits per heavy atom. The topological polar surface area (TPSA) is 63.4 Å². The average molecular weight is 353 g/mol. The zero-order chi connectivity index (χ0) is 13.2. The third-order valence-electron chi connectivity index (χ3n) is 2.69. The summed E-state index contributed by atoms with van der Waals surface area (Å²) >= 11 is 1.71. The standard InChI is InChI=1S/C11H13FINO3/c1-3-7(6(2)15)8-4-9(12)10(13)5-11(8)14(16)17/h4-7,15H,3H2,1-2H3. The van der Waals surface area contributed by atoms with Gasteiger partial charge in [-0.25, -0.2) is 4.39 Å². The molecule has 0 saturated heterocycles. The van der Waals surface area contributed by atoms with E-state index < -0.39 is 22.8 Å². The molecule has 0 heterocycles. The van der Waals surface area contributed by atoms with Gasteiger partial charge in [0.2, 0.25) is 0 Å². The van der Waals surface area contributed by atoms with Gasteiger partial charge in [0.1, 0.15) is 5.82 Å². The van der Waals surface area contributed by atoms with E-state index in [-0.39, 0.29) is 14.8 Å².